The molecule has 1 N–H and O–H groups in total. The number of carboxylic acid groups (broad SMARTS) is 1. The second-order valence-electron chi connectivity index (χ2n) is 4.39. The maximum atomic E-state index is 11.4. The molecule has 0 saturated heterocycles. The Morgan fingerprint density at radius 1 is 1.30 bits per heavy atom. The van der Waals surface area contributed by atoms with Gasteiger partial charge in [-0.15, -0.1) is 0 Å². The van der Waals surface area contributed by atoms with Crippen LogP contribution in [0.5, 0.6) is 0 Å². The quantitative estimate of drug-likeness (QED) is 0.792. The summed E-state index contributed by atoms with van der Waals surface area (Å²) in [5.41, 5.74) is 2.60. The molecule has 5 nitrogen and oxygen atoms in total. The summed E-state index contributed by atoms with van der Waals surface area (Å²) in [6.45, 7) is 2.72. The monoisotopic (exact) mass is 267 g/mol. The first-order valence-electron chi connectivity index (χ1n) is 6.35. The fourth-order valence-electron chi connectivity index (χ4n) is 2.37. The molecule has 1 aromatic carbocycles. The van der Waals surface area contributed by atoms with Gasteiger partial charge in [0.2, 0.25) is 0 Å². The highest BCUT2D eigenvalue weighted by Gasteiger charge is 2.17. The van der Waals surface area contributed by atoms with Gasteiger partial charge in [-0.2, -0.15) is 0 Å². The minimum atomic E-state index is -0.951. The Morgan fingerprint density at radius 3 is 2.85 bits per heavy atom. The van der Waals surface area contributed by atoms with Crippen molar-refractivity contribution >= 4 is 17.0 Å². The first-order valence-corrected chi connectivity index (χ1v) is 6.35. The normalized spacial score (nSPS) is 10.8. The smallest absolute Gasteiger partial charge is 0.336 e. The summed E-state index contributed by atoms with van der Waals surface area (Å²) in [6, 6.07) is 8.80. The standard InChI is InChI=1S/C15H13N3O2/c1-2-18-13-7-8-16-9-12(13)17-14(18)10-5-3-4-6-11(10)15(19)20/h3-9H,2H2,1H3,(H,19,20). The highest BCUT2D eigenvalue weighted by Crippen LogP contribution is 2.27. The van der Waals surface area contributed by atoms with E-state index in [1.54, 1.807) is 30.6 Å². The summed E-state index contributed by atoms with van der Waals surface area (Å²) in [5.74, 6) is -0.290. The number of aryl methyl sites for hydroxylation is 1. The molecule has 0 saturated carbocycles. The molecule has 0 atom stereocenters. The van der Waals surface area contributed by atoms with E-state index in [1.165, 1.54) is 0 Å². The van der Waals surface area contributed by atoms with Crippen molar-refractivity contribution in [2.45, 2.75) is 13.5 Å². The number of fused-ring (bicyclic) bond motifs is 1. The zero-order chi connectivity index (χ0) is 14.1. The molecule has 0 aliphatic rings. The van der Waals surface area contributed by atoms with Gasteiger partial charge in [0.25, 0.3) is 0 Å². The number of rotatable bonds is 3. The van der Waals surface area contributed by atoms with Crippen LogP contribution in [-0.2, 0) is 6.54 Å². The largest absolute Gasteiger partial charge is 0.478 e. The van der Waals surface area contributed by atoms with Crippen LogP contribution in [0.25, 0.3) is 22.4 Å². The van der Waals surface area contributed by atoms with Crippen LogP contribution in [-0.4, -0.2) is 25.6 Å². The maximum absolute atomic E-state index is 11.4. The van der Waals surface area contributed by atoms with Gasteiger partial charge in [0, 0.05) is 18.3 Å². The molecule has 0 radical (unpaired) electrons. The van der Waals surface area contributed by atoms with Crippen molar-refractivity contribution in [1.29, 1.82) is 0 Å². The molecule has 3 rings (SSSR count). The summed E-state index contributed by atoms with van der Waals surface area (Å²) in [6.07, 6.45) is 3.40. The van der Waals surface area contributed by atoms with E-state index in [4.69, 9.17) is 0 Å². The van der Waals surface area contributed by atoms with Gasteiger partial charge in [0.15, 0.2) is 0 Å². The van der Waals surface area contributed by atoms with Crippen LogP contribution in [0.3, 0.4) is 0 Å². The lowest BCUT2D eigenvalue weighted by atomic mass is 10.1. The molecule has 3 aromatic rings. The van der Waals surface area contributed by atoms with Crippen LogP contribution in [0, 0.1) is 0 Å². The molecular formula is C15H13N3O2. The third-order valence-electron chi connectivity index (χ3n) is 3.27. The van der Waals surface area contributed by atoms with Gasteiger partial charge in [0.1, 0.15) is 11.3 Å². The highest BCUT2D eigenvalue weighted by atomic mass is 16.4. The summed E-state index contributed by atoms with van der Waals surface area (Å²) in [5, 5.41) is 9.32. The lowest BCUT2D eigenvalue weighted by Gasteiger charge is -2.08. The second kappa shape index (κ2) is 4.77. The third kappa shape index (κ3) is 1.84. The van der Waals surface area contributed by atoms with Crippen LogP contribution in [0.4, 0.5) is 0 Å². The Bertz CT molecular complexity index is 793. The zero-order valence-corrected chi connectivity index (χ0v) is 10.9. The SMILES string of the molecule is CCn1c(-c2ccccc2C(=O)O)nc2cnccc21. The van der Waals surface area contributed by atoms with Crippen LogP contribution < -0.4 is 0 Å². The number of hydrogen-bond donors (Lipinski definition) is 1. The van der Waals surface area contributed by atoms with Gasteiger partial charge in [-0.1, -0.05) is 18.2 Å². The molecule has 2 heterocycles. The van der Waals surface area contributed by atoms with Crippen molar-refractivity contribution in [3.63, 3.8) is 0 Å². The topological polar surface area (TPSA) is 68.0 Å². The number of carboxylic acids is 1. The lowest BCUT2D eigenvalue weighted by Crippen LogP contribution is -2.04. The summed E-state index contributed by atoms with van der Waals surface area (Å²) in [7, 11) is 0. The van der Waals surface area contributed by atoms with Crippen LogP contribution in [0.1, 0.15) is 17.3 Å². The van der Waals surface area contributed by atoms with Crippen molar-refractivity contribution < 1.29 is 9.90 Å². The number of imidazole rings is 1. The molecule has 0 fully saturated rings. The zero-order valence-electron chi connectivity index (χ0n) is 10.9. The first-order chi connectivity index (χ1) is 9.72. The van der Waals surface area contributed by atoms with Crippen molar-refractivity contribution in [3.05, 3.63) is 48.3 Å². The van der Waals surface area contributed by atoms with Gasteiger partial charge in [0.05, 0.1) is 17.3 Å². The summed E-state index contributed by atoms with van der Waals surface area (Å²) >= 11 is 0. The van der Waals surface area contributed by atoms with Gasteiger partial charge in [-0.05, 0) is 19.1 Å². The Balaban J connectivity index is 2.32. The van der Waals surface area contributed by atoms with Crippen molar-refractivity contribution in [2.24, 2.45) is 0 Å². The summed E-state index contributed by atoms with van der Waals surface area (Å²) < 4.78 is 2.00. The van der Waals surface area contributed by atoms with E-state index in [9.17, 15) is 9.90 Å². The fourth-order valence-corrected chi connectivity index (χ4v) is 2.37. The van der Waals surface area contributed by atoms with Crippen molar-refractivity contribution in [1.82, 2.24) is 14.5 Å². The average molecular weight is 267 g/mol. The minimum absolute atomic E-state index is 0.255. The molecule has 0 unspecified atom stereocenters. The predicted molar refractivity (Wildman–Crippen MR) is 75.6 cm³/mol. The van der Waals surface area contributed by atoms with E-state index in [1.807, 2.05) is 23.6 Å². The van der Waals surface area contributed by atoms with Gasteiger partial charge in [-0.3, -0.25) is 4.98 Å². The summed E-state index contributed by atoms with van der Waals surface area (Å²) in [4.78, 5) is 20.0. The van der Waals surface area contributed by atoms with E-state index in [0.29, 0.717) is 17.9 Å². The van der Waals surface area contributed by atoms with Crippen molar-refractivity contribution in [2.75, 3.05) is 0 Å². The fraction of sp³-hybridized carbons (Fsp3) is 0.133. The molecule has 5 heteroatoms. The Morgan fingerprint density at radius 2 is 2.10 bits per heavy atom. The molecule has 0 aliphatic carbocycles. The Kier molecular flexibility index (Phi) is 2.95. The average Bonchev–Trinajstić information content (AvgIpc) is 2.85. The van der Waals surface area contributed by atoms with Crippen LogP contribution in [0.15, 0.2) is 42.7 Å². The first kappa shape index (κ1) is 12.3. The molecule has 0 aliphatic heterocycles. The Hall–Kier alpha value is -2.69. The number of benzene rings is 1. The number of carbonyl (C=O) groups is 1. The van der Waals surface area contributed by atoms with E-state index < -0.39 is 5.97 Å². The molecular weight excluding hydrogens is 254 g/mol. The Labute approximate surface area is 115 Å². The van der Waals surface area contributed by atoms with Crippen molar-refractivity contribution in [3.8, 4) is 11.4 Å². The third-order valence-corrected chi connectivity index (χ3v) is 3.27. The molecule has 20 heavy (non-hydrogen) atoms. The molecule has 2 aromatic heterocycles. The lowest BCUT2D eigenvalue weighted by molar-refractivity contribution is 0.0697. The van der Waals surface area contributed by atoms with Gasteiger partial charge >= 0.3 is 5.97 Å². The molecule has 100 valence electrons. The number of hydrogen-bond acceptors (Lipinski definition) is 3. The van der Waals surface area contributed by atoms with E-state index in [0.717, 1.165) is 11.0 Å². The minimum Gasteiger partial charge on any atom is -0.478 e. The van der Waals surface area contributed by atoms with E-state index >= 15 is 0 Å². The van der Waals surface area contributed by atoms with E-state index in [2.05, 4.69) is 9.97 Å². The number of pyridine rings is 1. The van der Waals surface area contributed by atoms with E-state index in [-0.39, 0.29) is 5.56 Å². The highest BCUT2D eigenvalue weighted by molar-refractivity contribution is 5.96. The second-order valence-corrected chi connectivity index (χ2v) is 4.39. The van der Waals surface area contributed by atoms with Gasteiger partial charge < -0.3 is 9.67 Å². The number of nitrogens with zero attached hydrogens (tertiary/aromatic N) is 3. The molecule has 0 bridgehead atoms. The van der Waals surface area contributed by atoms with Crippen LogP contribution >= 0.6 is 0 Å². The molecule has 0 amide bonds. The molecule has 0 spiro atoms. The maximum Gasteiger partial charge on any atom is 0.336 e. The number of aromatic nitrogens is 3. The van der Waals surface area contributed by atoms with Gasteiger partial charge in [-0.25, -0.2) is 9.78 Å². The number of aromatic carboxylic acids is 1. The van der Waals surface area contributed by atoms with Crippen LogP contribution in [0.2, 0.25) is 0 Å². The predicted octanol–water partition coefficient (Wildman–Crippen LogP) is 2.82.